The minimum absolute atomic E-state index is 0.0315. The third-order valence-electron chi connectivity index (χ3n) is 2.23. The first-order chi connectivity index (χ1) is 7.95. The van der Waals surface area contributed by atoms with Gasteiger partial charge in [-0.15, -0.1) is 0 Å². The molecule has 0 spiro atoms. The molecule has 0 fully saturated rings. The van der Waals surface area contributed by atoms with Crippen LogP contribution in [0.3, 0.4) is 0 Å². The molecule has 4 nitrogen and oxygen atoms in total. The molecule has 0 aliphatic carbocycles. The van der Waals surface area contributed by atoms with Gasteiger partial charge in [0.05, 0.1) is 11.1 Å². The highest BCUT2D eigenvalue weighted by Gasteiger charge is 2.18. The van der Waals surface area contributed by atoms with Gasteiger partial charge >= 0.3 is 5.97 Å². The van der Waals surface area contributed by atoms with E-state index in [1.165, 1.54) is 19.2 Å². The number of methoxy groups -OCH3 is 1. The Morgan fingerprint density at radius 1 is 1.65 bits per heavy atom. The summed E-state index contributed by atoms with van der Waals surface area (Å²) in [5, 5.41) is 11.7. The normalized spacial score (nSPS) is 12.2. The monoisotopic (exact) mass is 305 g/mol. The highest BCUT2D eigenvalue weighted by Crippen LogP contribution is 2.24. The Hall–Kier alpha value is -1.14. The SMILES string of the molecule is COCC(Nc1cc(Br)c(F)cc1C)C(=O)O. The maximum absolute atomic E-state index is 13.2. The number of aryl methyl sites for hydroxylation is 1. The number of ether oxygens (including phenoxy) is 1. The number of carbonyl (C=O) groups is 1. The van der Waals surface area contributed by atoms with Crippen LogP contribution in [-0.4, -0.2) is 30.8 Å². The van der Waals surface area contributed by atoms with Crippen LogP contribution in [0.15, 0.2) is 16.6 Å². The molecule has 2 N–H and O–H groups in total. The predicted molar refractivity (Wildman–Crippen MR) is 65.8 cm³/mol. The summed E-state index contributed by atoms with van der Waals surface area (Å²) in [4.78, 5) is 10.9. The number of hydrogen-bond donors (Lipinski definition) is 2. The summed E-state index contributed by atoms with van der Waals surface area (Å²) in [7, 11) is 1.42. The smallest absolute Gasteiger partial charge is 0.328 e. The molecule has 0 saturated heterocycles. The summed E-state index contributed by atoms with van der Waals surface area (Å²) in [5.41, 5.74) is 1.19. The van der Waals surface area contributed by atoms with Gasteiger partial charge in [0.1, 0.15) is 11.9 Å². The molecule has 17 heavy (non-hydrogen) atoms. The number of anilines is 1. The zero-order valence-corrected chi connectivity index (χ0v) is 11.0. The standard InChI is InChI=1S/C11H13BrFNO3/c1-6-3-8(13)7(12)4-9(6)14-10(5-17-2)11(15)16/h3-4,10,14H,5H2,1-2H3,(H,15,16). The van der Waals surface area contributed by atoms with Crippen LogP contribution in [0.1, 0.15) is 5.56 Å². The van der Waals surface area contributed by atoms with Crippen molar-refractivity contribution in [3.8, 4) is 0 Å². The van der Waals surface area contributed by atoms with Gasteiger partial charge < -0.3 is 15.2 Å². The van der Waals surface area contributed by atoms with Gasteiger partial charge in [-0.3, -0.25) is 0 Å². The number of aliphatic carboxylic acids is 1. The minimum Gasteiger partial charge on any atom is -0.480 e. The largest absolute Gasteiger partial charge is 0.480 e. The fourth-order valence-electron chi connectivity index (χ4n) is 1.33. The fraction of sp³-hybridized carbons (Fsp3) is 0.364. The highest BCUT2D eigenvalue weighted by molar-refractivity contribution is 9.10. The molecule has 0 aromatic heterocycles. The average Bonchev–Trinajstić information content (AvgIpc) is 2.24. The van der Waals surface area contributed by atoms with Gasteiger partial charge in [-0.05, 0) is 40.5 Å². The van der Waals surface area contributed by atoms with Gasteiger partial charge in [-0.1, -0.05) is 0 Å². The van der Waals surface area contributed by atoms with E-state index in [1.54, 1.807) is 6.92 Å². The lowest BCUT2D eigenvalue weighted by molar-refractivity contribution is -0.139. The van der Waals surface area contributed by atoms with E-state index < -0.39 is 12.0 Å². The second-order valence-electron chi connectivity index (χ2n) is 3.57. The zero-order chi connectivity index (χ0) is 13.0. The Bertz CT molecular complexity index is 425. The second-order valence-corrected chi connectivity index (χ2v) is 4.43. The third-order valence-corrected chi connectivity index (χ3v) is 2.84. The summed E-state index contributed by atoms with van der Waals surface area (Å²) < 4.78 is 18.3. The van der Waals surface area contributed by atoms with E-state index in [0.717, 1.165) is 0 Å². The lowest BCUT2D eigenvalue weighted by atomic mass is 10.1. The quantitative estimate of drug-likeness (QED) is 0.877. The second kappa shape index (κ2) is 5.97. The number of benzene rings is 1. The molecule has 0 heterocycles. The van der Waals surface area contributed by atoms with Crippen LogP contribution in [-0.2, 0) is 9.53 Å². The molecular weight excluding hydrogens is 293 g/mol. The van der Waals surface area contributed by atoms with E-state index in [4.69, 9.17) is 9.84 Å². The number of nitrogens with one attached hydrogen (secondary N) is 1. The van der Waals surface area contributed by atoms with Crippen molar-refractivity contribution in [1.82, 2.24) is 0 Å². The molecule has 6 heteroatoms. The van der Waals surface area contributed by atoms with Crippen molar-refractivity contribution in [3.63, 3.8) is 0 Å². The van der Waals surface area contributed by atoms with Crippen LogP contribution in [0.25, 0.3) is 0 Å². The predicted octanol–water partition coefficient (Wildman–Crippen LogP) is 2.41. The summed E-state index contributed by atoms with van der Waals surface area (Å²) >= 11 is 3.05. The van der Waals surface area contributed by atoms with Crippen molar-refractivity contribution in [2.45, 2.75) is 13.0 Å². The maximum atomic E-state index is 13.2. The average molecular weight is 306 g/mol. The van der Waals surface area contributed by atoms with Crippen molar-refractivity contribution in [3.05, 3.63) is 28.0 Å². The molecule has 0 aliphatic rings. The zero-order valence-electron chi connectivity index (χ0n) is 9.46. The number of carboxylic acid groups (broad SMARTS) is 1. The molecule has 1 atom stereocenters. The van der Waals surface area contributed by atoms with Crippen molar-refractivity contribution in [2.75, 3.05) is 19.0 Å². The number of rotatable bonds is 5. The first-order valence-corrected chi connectivity index (χ1v) is 5.69. The lowest BCUT2D eigenvalue weighted by Gasteiger charge is -2.17. The van der Waals surface area contributed by atoms with Crippen molar-refractivity contribution in [2.24, 2.45) is 0 Å². The van der Waals surface area contributed by atoms with Crippen LogP contribution < -0.4 is 5.32 Å². The molecule has 1 aromatic rings. The van der Waals surface area contributed by atoms with E-state index in [-0.39, 0.29) is 16.9 Å². The Morgan fingerprint density at radius 2 is 2.29 bits per heavy atom. The molecule has 0 saturated carbocycles. The van der Waals surface area contributed by atoms with Crippen molar-refractivity contribution >= 4 is 27.6 Å². The molecule has 1 aromatic carbocycles. The summed E-state index contributed by atoms with van der Waals surface area (Å²) in [6.45, 7) is 1.73. The van der Waals surface area contributed by atoms with Crippen LogP contribution in [0, 0.1) is 12.7 Å². The molecule has 0 radical (unpaired) electrons. The molecule has 1 rings (SSSR count). The van der Waals surface area contributed by atoms with Crippen LogP contribution in [0.2, 0.25) is 0 Å². The Morgan fingerprint density at radius 3 is 2.82 bits per heavy atom. The Balaban J connectivity index is 2.93. The molecule has 0 amide bonds. The van der Waals surface area contributed by atoms with E-state index in [1.807, 2.05) is 0 Å². The number of halogens is 2. The summed E-state index contributed by atoms with van der Waals surface area (Å²) in [5.74, 6) is -1.40. The van der Waals surface area contributed by atoms with E-state index >= 15 is 0 Å². The van der Waals surface area contributed by atoms with Gasteiger partial charge in [0.15, 0.2) is 0 Å². The molecule has 0 aliphatic heterocycles. The number of carboxylic acids is 1. The molecule has 0 bridgehead atoms. The summed E-state index contributed by atoms with van der Waals surface area (Å²) in [6, 6.07) is 1.98. The van der Waals surface area contributed by atoms with Gasteiger partial charge in [-0.2, -0.15) is 0 Å². The first kappa shape index (κ1) is 13.9. The van der Waals surface area contributed by atoms with Gasteiger partial charge in [0.2, 0.25) is 0 Å². The van der Waals surface area contributed by atoms with Crippen LogP contribution in [0.4, 0.5) is 10.1 Å². The third kappa shape index (κ3) is 3.67. The number of hydrogen-bond acceptors (Lipinski definition) is 3. The van der Waals surface area contributed by atoms with E-state index in [2.05, 4.69) is 21.2 Å². The van der Waals surface area contributed by atoms with Gasteiger partial charge in [0.25, 0.3) is 0 Å². The summed E-state index contributed by atoms with van der Waals surface area (Å²) in [6.07, 6.45) is 0. The minimum atomic E-state index is -1.02. The Labute approximate surface area is 107 Å². The van der Waals surface area contributed by atoms with Crippen LogP contribution >= 0.6 is 15.9 Å². The molecule has 1 unspecified atom stereocenters. The van der Waals surface area contributed by atoms with Crippen molar-refractivity contribution < 1.29 is 19.0 Å². The van der Waals surface area contributed by atoms with Gasteiger partial charge in [-0.25, -0.2) is 9.18 Å². The topological polar surface area (TPSA) is 58.6 Å². The molecular formula is C11H13BrFNO3. The molecule has 94 valence electrons. The lowest BCUT2D eigenvalue weighted by Crippen LogP contribution is -2.33. The fourth-order valence-corrected chi connectivity index (χ4v) is 1.67. The Kier molecular flexibility index (Phi) is 4.89. The van der Waals surface area contributed by atoms with Gasteiger partial charge in [0, 0.05) is 12.8 Å². The van der Waals surface area contributed by atoms with E-state index in [0.29, 0.717) is 11.3 Å². The van der Waals surface area contributed by atoms with Crippen LogP contribution in [0.5, 0.6) is 0 Å². The van der Waals surface area contributed by atoms with E-state index in [9.17, 15) is 9.18 Å². The first-order valence-electron chi connectivity index (χ1n) is 4.89. The van der Waals surface area contributed by atoms with Crippen molar-refractivity contribution in [1.29, 1.82) is 0 Å². The maximum Gasteiger partial charge on any atom is 0.328 e. The highest BCUT2D eigenvalue weighted by atomic mass is 79.9.